The summed E-state index contributed by atoms with van der Waals surface area (Å²) in [6, 6.07) is 12.7. The van der Waals surface area contributed by atoms with E-state index in [0.29, 0.717) is 5.56 Å². The number of nitrogens with zero attached hydrogens (tertiary/aromatic N) is 1. The average Bonchev–Trinajstić information content (AvgIpc) is 2.88. The molecule has 1 aromatic heterocycles. The quantitative estimate of drug-likeness (QED) is 0.776. The van der Waals surface area contributed by atoms with Crippen molar-refractivity contribution < 1.29 is 9.53 Å². The number of benzene rings is 2. The van der Waals surface area contributed by atoms with Crippen LogP contribution in [0.2, 0.25) is 0 Å². The molecule has 0 saturated carbocycles. The third kappa shape index (κ3) is 2.80. The Morgan fingerprint density at radius 1 is 1.29 bits per heavy atom. The molecule has 5 nitrogen and oxygen atoms in total. The van der Waals surface area contributed by atoms with E-state index in [-0.39, 0.29) is 0 Å². The molecular weight excluding hydrogens is 286 g/mol. The number of anilines is 2. The van der Waals surface area contributed by atoms with Gasteiger partial charge in [0.15, 0.2) is 5.13 Å². The molecule has 0 fully saturated rings. The third-order valence-electron chi connectivity index (χ3n) is 2.99. The lowest BCUT2D eigenvalue weighted by atomic mass is 10.2. The van der Waals surface area contributed by atoms with E-state index in [9.17, 15) is 4.79 Å². The summed E-state index contributed by atoms with van der Waals surface area (Å²) in [7, 11) is 1.64. The summed E-state index contributed by atoms with van der Waals surface area (Å²) >= 11 is 1.52. The Labute approximate surface area is 125 Å². The number of hydrogen-bond acceptors (Lipinski definition) is 5. The molecule has 3 aromatic rings. The van der Waals surface area contributed by atoms with Crippen LogP contribution >= 0.6 is 11.3 Å². The number of primary amides is 1. The van der Waals surface area contributed by atoms with Gasteiger partial charge in [0.25, 0.3) is 0 Å². The number of nitrogens with one attached hydrogen (secondary N) is 1. The largest absolute Gasteiger partial charge is 0.497 e. The van der Waals surface area contributed by atoms with Gasteiger partial charge in [0, 0.05) is 11.3 Å². The van der Waals surface area contributed by atoms with Crippen LogP contribution < -0.4 is 15.8 Å². The van der Waals surface area contributed by atoms with Crippen molar-refractivity contribution in [1.29, 1.82) is 0 Å². The van der Waals surface area contributed by atoms with Crippen LogP contribution in [-0.4, -0.2) is 18.0 Å². The third-order valence-corrected chi connectivity index (χ3v) is 3.93. The molecule has 1 heterocycles. The molecule has 0 unspecified atom stereocenters. The zero-order chi connectivity index (χ0) is 14.8. The number of fused-ring (bicyclic) bond motifs is 1. The number of ether oxygens (including phenoxy) is 1. The molecule has 0 atom stereocenters. The van der Waals surface area contributed by atoms with Gasteiger partial charge < -0.3 is 15.8 Å². The van der Waals surface area contributed by atoms with Gasteiger partial charge in [-0.2, -0.15) is 0 Å². The first-order chi connectivity index (χ1) is 10.2. The van der Waals surface area contributed by atoms with Crippen LogP contribution in [0.25, 0.3) is 10.2 Å². The topological polar surface area (TPSA) is 77.2 Å². The van der Waals surface area contributed by atoms with Crippen molar-refractivity contribution in [3.05, 3.63) is 48.0 Å². The molecule has 0 aliphatic rings. The van der Waals surface area contributed by atoms with Crippen molar-refractivity contribution in [2.24, 2.45) is 5.73 Å². The number of carbonyl (C=O) groups excluding carboxylic acids is 1. The lowest BCUT2D eigenvalue weighted by Gasteiger charge is -2.03. The fourth-order valence-corrected chi connectivity index (χ4v) is 2.87. The molecule has 1 amide bonds. The number of aromatic nitrogens is 1. The zero-order valence-electron chi connectivity index (χ0n) is 11.3. The minimum Gasteiger partial charge on any atom is -0.497 e. The first kappa shape index (κ1) is 13.4. The minimum absolute atomic E-state index is 0.451. The van der Waals surface area contributed by atoms with Gasteiger partial charge in [0.1, 0.15) is 5.75 Å². The summed E-state index contributed by atoms with van der Waals surface area (Å²) in [5, 5.41) is 3.93. The van der Waals surface area contributed by atoms with E-state index < -0.39 is 5.91 Å². The number of methoxy groups -OCH3 is 1. The van der Waals surface area contributed by atoms with E-state index in [1.807, 2.05) is 24.3 Å². The van der Waals surface area contributed by atoms with Crippen LogP contribution in [0.5, 0.6) is 5.75 Å². The van der Waals surface area contributed by atoms with Crippen LogP contribution in [0, 0.1) is 0 Å². The number of thiazole rings is 1. The number of carbonyl (C=O) groups is 1. The van der Waals surface area contributed by atoms with Crippen LogP contribution in [0.1, 0.15) is 10.4 Å². The van der Waals surface area contributed by atoms with Gasteiger partial charge in [-0.1, -0.05) is 17.4 Å². The maximum atomic E-state index is 11.2. The molecule has 21 heavy (non-hydrogen) atoms. The lowest BCUT2D eigenvalue weighted by Crippen LogP contribution is -2.10. The van der Waals surface area contributed by atoms with Gasteiger partial charge >= 0.3 is 0 Å². The maximum absolute atomic E-state index is 11.2. The molecule has 6 heteroatoms. The summed E-state index contributed by atoms with van der Waals surface area (Å²) in [5.41, 5.74) is 7.41. The van der Waals surface area contributed by atoms with E-state index in [2.05, 4.69) is 10.3 Å². The van der Waals surface area contributed by atoms with Crippen molar-refractivity contribution >= 4 is 38.3 Å². The van der Waals surface area contributed by atoms with Crippen LogP contribution in [0.4, 0.5) is 10.8 Å². The van der Waals surface area contributed by atoms with Crippen molar-refractivity contribution in [3.8, 4) is 5.75 Å². The number of nitrogens with two attached hydrogens (primary N) is 1. The summed E-state index contributed by atoms with van der Waals surface area (Å²) < 4.78 is 6.23. The summed E-state index contributed by atoms with van der Waals surface area (Å²) in [5.74, 6) is 0.348. The fourth-order valence-electron chi connectivity index (χ4n) is 1.96. The van der Waals surface area contributed by atoms with Gasteiger partial charge in [-0.25, -0.2) is 4.98 Å². The second kappa shape index (κ2) is 5.41. The Kier molecular flexibility index (Phi) is 3.45. The van der Waals surface area contributed by atoms with Crippen LogP contribution in [0.15, 0.2) is 42.5 Å². The maximum Gasteiger partial charge on any atom is 0.248 e. The minimum atomic E-state index is -0.451. The molecule has 0 aliphatic carbocycles. The molecule has 106 valence electrons. The fraction of sp³-hybridized carbons (Fsp3) is 0.0667. The van der Waals surface area contributed by atoms with E-state index in [0.717, 1.165) is 26.8 Å². The number of rotatable bonds is 4. The highest BCUT2D eigenvalue weighted by Crippen LogP contribution is 2.30. The van der Waals surface area contributed by atoms with Crippen molar-refractivity contribution in [2.75, 3.05) is 12.4 Å². The predicted octanol–water partition coefficient (Wildman–Crippen LogP) is 3.15. The molecule has 0 saturated heterocycles. The zero-order valence-corrected chi connectivity index (χ0v) is 12.1. The molecular formula is C15H13N3O2S. The lowest BCUT2D eigenvalue weighted by molar-refractivity contribution is 0.100. The van der Waals surface area contributed by atoms with Gasteiger partial charge in [-0.05, 0) is 36.4 Å². The van der Waals surface area contributed by atoms with Gasteiger partial charge in [-0.15, -0.1) is 0 Å². The molecule has 3 rings (SSSR count). The number of amides is 1. The molecule has 2 aromatic carbocycles. The average molecular weight is 299 g/mol. The van der Waals surface area contributed by atoms with Gasteiger partial charge in [0.2, 0.25) is 5.91 Å². The van der Waals surface area contributed by atoms with E-state index in [1.165, 1.54) is 11.3 Å². The Balaban J connectivity index is 1.91. The predicted molar refractivity (Wildman–Crippen MR) is 84.4 cm³/mol. The van der Waals surface area contributed by atoms with Crippen molar-refractivity contribution in [1.82, 2.24) is 4.98 Å². The molecule has 0 radical (unpaired) electrons. The summed E-state index contributed by atoms with van der Waals surface area (Å²) in [6.45, 7) is 0. The summed E-state index contributed by atoms with van der Waals surface area (Å²) in [4.78, 5) is 15.7. The van der Waals surface area contributed by atoms with Crippen LogP contribution in [0.3, 0.4) is 0 Å². The number of hydrogen-bond donors (Lipinski definition) is 2. The SMILES string of the molecule is COc1ccc2nc(Nc3cccc(C(N)=O)c3)sc2c1. The monoisotopic (exact) mass is 299 g/mol. The Morgan fingerprint density at radius 2 is 2.14 bits per heavy atom. The molecule has 3 N–H and O–H groups in total. The van der Waals surface area contributed by atoms with Crippen LogP contribution in [-0.2, 0) is 0 Å². The molecule has 0 aliphatic heterocycles. The normalized spacial score (nSPS) is 10.5. The summed E-state index contributed by atoms with van der Waals surface area (Å²) in [6.07, 6.45) is 0. The van der Waals surface area contributed by atoms with Crippen molar-refractivity contribution in [3.63, 3.8) is 0 Å². The molecule has 0 spiro atoms. The first-order valence-electron chi connectivity index (χ1n) is 6.27. The highest BCUT2D eigenvalue weighted by Gasteiger charge is 2.07. The Bertz CT molecular complexity index is 814. The van der Waals surface area contributed by atoms with Gasteiger partial charge in [-0.3, -0.25) is 4.79 Å². The highest BCUT2D eigenvalue weighted by molar-refractivity contribution is 7.22. The Hall–Kier alpha value is -2.60. The second-order valence-electron chi connectivity index (χ2n) is 4.42. The standard InChI is InChI=1S/C15H13N3O2S/c1-20-11-5-6-12-13(8-11)21-15(18-12)17-10-4-2-3-9(7-10)14(16)19/h2-8H,1H3,(H2,16,19)(H,17,18). The first-order valence-corrected chi connectivity index (χ1v) is 7.09. The smallest absolute Gasteiger partial charge is 0.248 e. The van der Waals surface area contributed by atoms with Gasteiger partial charge in [0.05, 0.1) is 17.3 Å². The van der Waals surface area contributed by atoms with E-state index >= 15 is 0 Å². The van der Waals surface area contributed by atoms with Crippen molar-refractivity contribution in [2.45, 2.75) is 0 Å². The second-order valence-corrected chi connectivity index (χ2v) is 5.45. The molecule has 0 bridgehead atoms. The van der Waals surface area contributed by atoms with E-state index in [4.69, 9.17) is 10.5 Å². The Morgan fingerprint density at radius 3 is 2.90 bits per heavy atom. The highest BCUT2D eigenvalue weighted by atomic mass is 32.1. The van der Waals surface area contributed by atoms with E-state index in [1.54, 1.807) is 25.3 Å².